The Labute approximate surface area is 141 Å². The predicted molar refractivity (Wildman–Crippen MR) is 98.0 cm³/mol. The van der Waals surface area contributed by atoms with Crippen molar-refractivity contribution in [3.63, 3.8) is 0 Å². The average Bonchev–Trinajstić information content (AvgIpc) is 2.55. The lowest BCUT2D eigenvalue weighted by atomic mass is 10.2. The fourth-order valence-corrected chi connectivity index (χ4v) is 2.51. The number of nitrogens with zero attached hydrogens (tertiary/aromatic N) is 1. The molecule has 0 amide bonds. The third-order valence-corrected chi connectivity index (χ3v) is 3.83. The highest BCUT2D eigenvalue weighted by Crippen LogP contribution is 2.20. The molecule has 0 radical (unpaired) electrons. The molecule has 4 nitrogen and oxygen atoms in total. The maximum absolute atomic E-state index is 5.94. The van der Waals surface area contributed by atoms with Crippen molar-refractivity contribution in [2.24, 2.45) is 10.7 Å². The molecule has 0 unspecified atom stereocenters. The zero-order valence-corrected chi connectivity index (χ0v) is 14.3. The van der Waals surface area contributed by atoms with Crippen molar-refractivity contribution in [1.82, 2.24) is 0 Å². The standard InChI is InChI=1S/C18H22N2O2S/c1-3-21-16-10-8-15(9-11-16)20-18(19)23-13-12-22-17-7-5-4-6-14(17)2/h4-11H,3,12-13H2,1-2H3,(H2,19,20). The fourth-order valence-electron chi connectivity index (χ4n) is 1.96. The second-order valence-corrected chi connectivity index (χ2v) is 5.95. The van der Waals surface area contributed by atoms with Gasteiger partial charge in [-0.05, 0) is 49.7 Å². The highest BCUT2D eigenvalue weighted by atomic mass is 32.2. The number of ether oxygens (including phenoxy) is 2. The first-order chi connectivity index (χ1) is 11.2. The number of benzene rings is 2. The molecule has 0 saturated carbocycles. The minimum absolute atomic E-state index is 0.530. The van der Waals surface area contributed by atoms with Gasteiger partial charge in [0.1, 0.15) is 11.5 Å². The Kier molecular flexibility index (Phi) is 6.81. The van der Waals surface area contributed by atoms with Crippen LogP contribution in [0.25, 0.3) is 0 Å². The third-order valence-electron chi connectivity index (χ3n) is 3.07. The fraction of sp³-hybridized carbons (Fsp3) is 0.278. The van der Waals surface area contributed by atoms with E-state index in [1.807, 2.05) is 62.4 Å². The minimum Gasteiger partial charge on any atom is -0.494 e. The molecule has 23 heavy (non-hydrogen) atoms. The molecule has 0 aromatic heterocycles. The molecule has 0 heterocycles. The second kappa shape index (κ2) is 9.10. The van der Waals surface area contributed by atoms with Gasteiger partial charge in [-0.1, -0.05) is 30.0 Å². The summed E-state index contributed by atoms with van der Waals surface area (Å²) in [6, 6.07) is 15.5. The van der Waals surface area contributed by atoms with Crippen molar-refractivity contribution in [2.45, 2.75) is 13.8 Å². The van der Waals surface area contributed by atoms with Crippen LogP contribution in [-0.2, 0) is 0 Å². The molecule has 0 bridgehead atoms. The highest BCUT2D eigenvalue weighted by Gasteiger charge is 2.00. The van der Waals surface area contributed by atoms with E-state index >= 15 is 0 Å². The van der Waals surface area contributed by atoms with Crippen LogP contribution >= 0.6 is 11.8 Å². The van der Waals surface area contributed by atoms with Gasteiger partial charge in [-0.25, -0.2) is 4.99 Å². The van der Waals surface area contributed by atoms with E-state index in [1.165, 1.54) is 11.8 Å². The largest absolute Gasteiger partial charge is 0.494 e. The molecule has 2 rings (SSSR count). The summed E-state index contributed by atoms with van der Waals surface area (Å²) < 4.78 is 11.1. The lowest BCUT2D eigenvalue weighted by Gasteiger charge is -2.08. The molecule has 0 saturated heterocycles. The number of nitrogens with two attached hydrogens (primary N) is 1. The topological polar surface area (TPSA) is 56.8 Å². The van der Waals surface area contributed by atoms with Crippen LogP contribution in [0, 0.1) is 6.92 Å². The van der Waals surface area contributed by atoms with Crippen molar-refractivity contribution < 1.29 is 9.47 Å². The van der Waals surface area contributed by atoms with E-state index in [0.717, 1.165) is 28.5 Å². The normalized spacial score (nSPS) is 11.3. The van der Waals surface area contributed by atoms with Gasteiger partial charge in [0.25, 0.3) is 0 Å². The van der Waals surface area contributed by atoms with E-state index < -0.39 is 0 Å². The molecule has 0 aliphatic heterocycles. The Morgan fingerprint density at radius 1 is 1.09 bits per heavy atom. The maximum atomic E-state index is 5.94. The van der Waals surface area contributed by atoms with E-state index in [4.69, 9.17) is 15.2 Å². The van der Waals surface area contributed by atoms with Gasteiger partial charge in [-0.2, -0.15) is 0 Å². The van der Waals surface area contributed by atoms with Crippen molar-refractivity contribution in [2.75, 3.05) is 19.0 Å². The summed E-state index contributed by atoms with van der Waals surface area (Å²) in [5.74, 6) is 2.50. The van der Waals surface area contributed by atoms with Gasteiger partial charge in [-0.3, -0.25) is 0 Å². The number of hydrogen-bond acceptors (Lipinski definition) is 4. The SMILES string of the molecule is CCOc1ccc(N=C(N)SCCOc2ccccc2C)cc1. The second-order valence-electron chi connectivity index (χ2n) is 4.84. The number of thioether (sulfide) groups is 1. The van der Waals surface area contributed by atoms with Crippen LogP contribution in [0.4, 0.5) is 5.69 Å². The summed E-state index contributed by atoms with van der Waals surface area (Å²) in [6.07, 6.45) is 0. The smallest absolute Gasteiger partial charge is 0.159 e. The molecular formula is C18H22N2O2S. The van der Waals surface area contributed by atoms with E-state index in [1.54, 1.807) is 0 Å². The predicted octanol–water partition coefficient (Wildman–Crippen LogP) is 4.15. The van der Waals surface area contributed by atoms with Gasteiger partial charge in [-0.15, -0.1) is 0 Å². The third kappa shape index (κ3) is 5.87. The number of aryl methyl sites for hydroxylation is 1. The first kappa shape index (κ1) is 17.2. The quantitative estimate of drug-likeness (QED) is 0.471. The first-order valence-corrected chi connectivity index (χ1v) is 8.56. The van der Waals surface area contributed by atoms with Gasteiger partial charge in [0.15, 0.2) is 5.17 Å². The summed E-state index contributed by atoms with van der Waals surface area (Å²) in [5, 5.41) is 0.530. The summed E-state index contributed by atoms with van der Waals surface area (Å²) in [7, 11) is 0. The van der Waals surface area contributed by atoms with Crippen LogP contribution in [0.1, 0.15) is 12.5 Å². The molecular weight excluding hydrogens is 308 g/mol. The van der Waals surface area contributed by atoms with Crippen LogP contribution in [0.15, 0.2) is 53.5 Å². The maximum Gasteiger partial charge on any atom is 0.159 e. The van der Waals surface area contributed by atoms with Crippen molar-refractivity contribution in [1.29, 1.82) is 0 Å². The molecule has 2 N–H and O–H groups in total. The monoisotopic (exact) mass is 330 g/mol. The number of rotatable bonds is 7. The van der Waals surface area contributed by atoms with Crippen LogP contribution in [-0.4, -0.2) is 24.1 Å². The van der Waals surface area contributed by atoms with Crippen LogP contribution in [0.5, 0.6) is 11.5 Å². The Morgan fingerprint density at radius 2 is 1.83 bits per heavy atom. The summed E-state index contributed by atoms with van der Waals surface area (Å²) >= 11 is 1.48. The molecule has 2 aromatic carbocycles. The Balaban J connectivity index is 1.77. The molecule has 5 heteroatoms. The summed E-state index contributed by atoms with van der Waals surface area (Å²) in [6.45, 7) is 5.24. The summed E-state index contributed by atoms with van der Waals surface area (Å²) in [5.41, 5.74) is 7.89. The molecule has 122 valence electrons. The summed E-state index contributed by atoms with van der Waals surface area (Å²) in [4.78, 5) is 4.37. The van der Waals surface area contributed by atoms with Crippen molar-refractivity contribution in [3.05, 3.63) is 54.1 Å². The van der Waals surface area contributed by atoms with Crippen molar-refractivity contribution >= 4 is 22.6 Å². The lowest BCUT2D eigenvalue weighted by Crippen LogP contribution is -2.10. The first-order valence-electron chi connectivity index (χ1n) is 7.57. The van der Waals surface area contributed by atoms with Gasteiger partial charge < -0.3 is 15.2 Å². The molecule has 0 fully saturated rings. The molecule has 0 aliphatic rings. The Hall–Kier alpha value is -2.14. The number of hydrogen-bond donors (Lipinski definition) is 1. The van der Waals surface area contributed by atoms with Crippen LogP contribution in [0.3, 0.4) is 0 Å². The highest BCUT2D eigenvalue weighted by molar-refractivity contribution is 8.13. The Morgan fingerprint density at radius 3 is 2.52 bits per heavy atom. The van der Waals surface area contributed by atoms with Crippen molar-refractivity contribution in [3.8, 4) is 11.5 Å². The van der Waals surface area contributed by atoms with E-state index in [9.17, 15) is 0 Å². The van der Waals surface area contributed by atoms with Crippen LogP contribution in [0.2, 0.25) is 0 Å². The van der Waals surface area contributed by atoms with Gasteiger partial charge in [0.05, 0.1) is 18.9 Å². The molecule has 0 atom stereocenters. The Bertz CT molecular complexity index is 642. The molecule has 0 spiro atoms. The van der Waals surface area contributed by atoms with Gasteiger partial charge in [0.2, 0.25) is 0 Å². The van der Waals surface area contributed by atoms with Gasteiger partial charge in [0, 0.05) is 5.75 Å². The van der Waals surface area contributed by atoms with E-state index in [2.05, 4.69) is 4.99 Å². The van der Waals surface area contributed by atoms with Gasteiger partial charge >= 0.3 is 0 Å². The number of aliphatic imine (C=N–C) groups is 1. The molecule has 2 aromatic rings. The average molecular weight is 330 g/mol. The number of para-hydroxylation sites is 1. The zero-order chi connectivity index (χ0) is 16.5. The van der Waals surface area contributed by atoms with Crippen LogP contribution < -0.4 is 15.2 Å². The number of amidine groups is 1. The lowest BCUT2D eigenvalue weighted by molar-refractivity contribution is 0.340. The van der Waals surface area contributed by atoms with E-state index in [-0.39, 0.29) is 0 Å². The zero-order valence-electron chi connectivity index (χ0n) is 13.5. The minimum atomic E-state index is 0.530. The van der Waals surface area contributed by atoms with E-state index in [0.29, 0.717) is 18.4 Å². The molecule has 0 aliphatic carbocycles.